The van der Waals surface area contributed by atoms with Gasteiger partial charge in [-0.15, -0.1) is 11.8 Å². The predicted molar refractivity (Wildman–Crippen MR) is 101 cm³/mol. The monoisotopic (exact) mass is 373 g/mol. The van der Waals surface area contributed by atoms with Crippen molar-refractivity contribution in [2.45, 2.75) is 24.3 Å². The van der Waals surface area contributed by atoms with Crippen LogP contribution in [0, 0.1) is 5.82 Å². The number of carbonyl (C=O) groups is 2. The van der Waals surface area contributed by atoms with Crippen molar-refractivity contribution >= 4 is 29.4 Å². The van der Waals surface area contributed by atoms with Gasteiger partial charge >= 0.3 is 6.03 Å². The number of nitrogens with one attached hydrogen (secondary N) is 3. The maximum Gasteiger partial charge on any atom is 0.319 e. The highest BCUT2D eigenvalue weighted by atomic mass is 32.2. The largest absolute Gasteiger partial charge is 0.352 e. The second kappa shape index (κ2) is 8.23. The van der Waals surface area contributed by atoms with Crippen molar-refractivity contribution in [1.29, 1.82) is 0 Å². The van der Waals surface area contributed by atoms with Gasteiger partial charge in [-0.25, -0.2) is 9.18 Å². The zero-order valence-corrected chi connectivity index (χ0v) is 15.2. The lowest BCUT2D eigenvalue weighted by molar-refractivity contribution is 0.0956. The summed E-state index contributed by atoms with van der Waals surface area (Å²) in [5, 5.41) is 8.37. The minimum atomic E-state index is -0.358. The lowest BCUT2D eigenvalue weighted by Crippen LogP contribution is -2.34. The van der Waals surface area contributed by atoms with Crippen molar-refractivity contribution in [3.05, 3.63) is 59.4 Å². The summed E-state index contributed by atoms with van der Waals surface area (Å²) in [5.41, 5.74) is 1.93. The third kappa shape index (κ3) is 4.16. The van der Waals surface area contributed by atoms with Gasteiger partial charge in [0.15, 0.2) is 0 Å². The van der Waals surface area contributed by atoms with E-state index in [9.17, 15) is 14.0 Å². The van der Waals surface area contributed by atoms with E-state index >= 15 is 0 Å². The first-order chi connectivity index (χ1) is 12.6. The van der Waals surface area contributed by atoms with Gasteiger partial charge in [0, 0.05) is 28.4 Å². The van der Waals surface area contributed by atoms with E-state index in [0.717, 1.165) is 17.7 Å². The highest BCUT2D eigenvalue weighted by molar-refractivity contribution is 7.99. The van der Waals surface area contributed by atoms with Crippen LogP contribution in [0.1, 0.15) is 35.3 Å². The maximum atomic E-state index is 13.9. The molecule has 3 amide bonds. The van der Waals surface area contributed by atoms with Crippen molar-refractivity contribution < 1.29 is 14.0 Å². The number of amides is 3. The topological polar surface area (TPSA) is 70.2 Å². The molecule has 0 aliphatic carbocycles. The Hall–Kier alpha value is -2.54. The first kappa shape index (κ1) is 18.3. The average molecular weight is 373 g/mol. The Balaban J connectivity index is 1.63. The fourth-order valence-corrected chi connectivity index (χ4v) is 3.97. The molecule has 1 heterocycles. The molecular weight excluding hydrogens is 353 g/mol. The van der Waals surface area contributed by atoms with E-state index in [0.29, 0.717) is 22.7 Å². The molecule has 0 fully saturated rings. The molecule has 1 unspecified atom stereocenters. The molecule has 136 valence electrons. The normalized spacial score (nSPS) is 15.7. The van der Waals surface area contributed by atoms with E-state index in [1.165, 1.54) is 17.8 Å². The molecule has 0 aromatic heterocycles. The molecule has 0 saturated carbocycles. The molecule has 3 rings (SSSR count). The summed E-state index contributed by atoms with van der Waals surface area (Å²) < 4.78 is 13.9. The summed E-state index contributed by atoms with van der Waals surface area (Å²) in [7, 11) is 0. The lowest BCUT2D eigenvalue weighted by atomic mass is 10.0. The van der Waals surface area contributed by atoms with Gasteiger partial charge in [-0.05, 0) is 49.2 Å². The standard InChI is InChI=1S/C19H20FN3O2S/c1-2-21-18(24)12-6-8-13(9-7-12)22-19(25)23-16-10-11-26-17-14(16)4-3-5-15(17)20/h3-9,16H,2,10-11H2,1H3,(H,21,24)(H2,22,23,25). The Morgan fingerprint density at radius 1 is 1.19 bits per heavy atom. The van der Waals surface area contributed by atoms with Crippen LogP contribution in [0.3, 0.4) is 0 Å². The molecule has 2 aromatic carbocycles. The zero-order valence-electron chi connectivity index (χ0n) is 14.3. The smallest absolute Gasteiger partial charge is 0.319 e. The van der Waals surface area contributed by atoms with Gasteiger partial charge in [0.1, 0.15) is 5.82 Å². The summed E-state index contributed by atoms with van der Waals surface area (Å²) in [5.74, 6) is 0.349. The van der Waals surface area contributed by atoms with Crippen LogP contribution < -0.4 is 16.0 Å². The number of benzene rings is 2. The van der Waals surface area contributed by atoms with Crippen molar-refractivity contribution in [2.24, 2.45) is 0 Å². The summed E-state index contributed by atoms with van der Waals surface area (Å²) in [6.07, 6.45) is 0.741. The van der Waals surface area contributed by atoms with Crippen LogP contribution in [-0.2, 0) is 0 Å². The van der Waals surface area contributed by atoms with E-state index < -0.39 is 0 Å². The van der Waals surface area contributed by atoms with Crippen LogP contribution in [-0.4, -0.2) is 24.2 Å². The van der Waals surface area contributed by atoms with Crippen LogP contribution in [0.25, 0.3) is 0 Å². The Morgan fingerprint density at radius 3 is 2.69 bits per heavy atom. The lowest BCUT2D eigenvalue weighted by Gasteiger charge is -2.26. The van der Waals surface area contributed by atoms with E-state index in [-0.39, 0.29) is 23.8 Å². The van der Waals surface area contributed by atoms with Gasteiger partial charge in [-0.1, -0.05) is 12.1 Å². The second-order valence-electron chi connectivity index (χ2n) is 5.88. The number of fused-ring (bicyclic) bond motifs is 1. The molecule has 3 N–H and O–H groups in total. The van der Waals surface area contributed by atoms with Gasteiger partial charge in [0.25, 0.3) is 5.91 Å². The maximum absolute atomic E-state index is 13.9. The zero-order chi connectivity index (χ0) is 18.5. The van der Waals surface area contributed by atoms with Crippen molar-refractivity contribution in [3.8, 4) is 0 Å². The number of thioether (sulfide) groups is 1. The summed E-state index contributed by atoms with van der Waals surface area (Å²) in [6, 6.07) is 11.0. The number of hydrogen-bond acceptors (Lipinski definition) is 3. The molecule has 2 aromatic rings. The van der Waals surface area contributed by atoms with Gasteiger partial charge in [-0.2, -0.15) is 0 Å². The third-order valence-electron chi connectivity index (χ3n) is 4.07. The van der Waals surface area contributed by atoms with E-state index in [2.05, 4.69) is 16.0 Å². The second-order valence-corrected chi connectivity index (χ2v) is 6.99. The highest BCUT2D eigenvalue weighted by Crippen LogP contribution is 2.37. The Morgan fingerprint density at radius 2 is 1.96 bits per heavy atom. The number of hydrogen-bond donors (Lipinski definition) is 3. The Bertz CT molecular complexity index is 811. The highest BCUT2D eigenvalue weighted by Gasteiger charge is 2.24. The van der Waals surface area contributed by atoms with Crippen LogP contribution >= 0.6 is 11.8 Å². The summed E-state index contributed by atoms with van der Waals surface area (Å²) in [6.45, 7) is 2.41. The third-order valence-corrected chi connectivity index (χ3v) is 5.23. The molecule has 1 aliphatic rings. The van der Waals surface area contributed by atoms with Crippen molar-refractivity contribution in [2.75, 3.05) is 17.6 Å². The molecule has 0 radical (unpaired) electrons. The predicted octanol–water partition coefficient (Wildman–Crippen LogP) is 3.93. The Kier molecular flexibility index (Phi) is 5.78. The van der Waals surface area contributed by atoms with Crippen molar-refractivity contribution in [1.82, 2.24) is 10.6 Å². The minimum Gasteiger partial charge on any atom is -0.352 e. The number of carbonyl (C=O) groups excluding carboxylic acids is 2. The van der Waals surface area contributed by atoms with Gasteiger partial charge in [-0.3, -0.25) is 4.79 Å². The number of halogens is 1. The molecule has 1 aliphatic heterocycles. The molecule has 5 nitrogen and oxygen atoms in total. The van der Waals surface area contributed by atoms with Crippen LogP contribution in [0.5, 0.6) is 0 Å². The number of anilines is 1. The average Bonchev–Trinajstić information content (AvgIpc) is 2.63. The van der Waals surface area contributed by atoms with Crippen LogP contribution in [0.4, 0.5) is 14.9 Å². The van der Waals surface area contributed by atoms with Gasteiger partial charge in [0.2, 0.25) is 0 Å². The minimum absolute atomic E-state index is 0.151. The summed E-state index contributed by atoms with van der Waals surface area (Å²) in [4.78, 5) is 24.6. The van der Waals surface area contributed by atoms with Gasteiger partial charge in [0.05, 0.1) is 6.04 Å². The molecule has 0 bridgehead atoms. The van der Waals surface area contributed by atoms with E-state index in [1.807, 2.05) is 13.0 Å². The molecule has 1 atom stereocenters. The Labute approximate surface area is 155 Å². The fourth-order valence-electron chi connectivity index (χ4n) is 2.83. The molecule has 0 spiro atoms. The quantitative estimate of drug-likeness (QED) is 0.760. The SMILES string of the molecule is CCNC(=O)c1ccc(NC(=O)NC2CCSc3c(F)cccc32)cc1. The molecular formula is C19H20FN3O2S. The van der Waals surface area contributed by atoms with Crippen molar-refractivity contribution in [3.63, 3.8) is 0 Å². The fraction of sp³-hybridized carbons (Fsp3) is 0.263. The number of rotatable bonds is 4. The first-order valence-electron chi connectivity index (χ1n) is 8.45. The molecule has 0 saturated heterocycles. The first-order valence-corrected chi connectivity index (χ1v) is 9.44. The summed E-state index contributed by atoms with van der Waals surface area (Å²) >= 11 is 1.47. The van der Waals surface area contributed by atoms with Crippen LogP contribution in [0.15, 0.2) is 47.4 Å². The molecule has 7 heteroatoms. The van der Waals surface area contributed by atoms with E-state index in [4.69, 9.17) is 0 Å². The molecule has 26 heavy (non-hydrogen) atoms. The van der Waals surface area contributed by atoms with E-state index in [1.54, 1.807) is 30.3 Å². The van der Waals surface area contributed by atoms with Gasteiger partial charge < -0.3 is 16.0 Å². The number of urea groups is 1. The van der Waals surface area contributed by atoms with Crippen LogP contribution in [0.2, 0.25) is 0 Å².